The maximum Gasteiger partial charge on any atom is 0.270 e. The van der Waals surface area contributed by atoms with E-state index in [1.165, 1.54) is 38.9 Å². The van der Waals surface area contributed by atoms with Gasteiger partial charge >= 0.3 is 0 Å². The van der Waals surface area contributed by atoms with E-state index in [2.05, 4.69) is 78.9 Å². The first-order valence-electron chi connectivity index (χ1n) is 14.1. The first-order chi connectivity index (χ1) is 20.3. The minimum Gasteiger partial charge on any atom is -0.458 e. The third-order valence-electron chi connectivity index (χ3n) is 9.07. The number of fused-ring (bicyclic) bond motifs is 3. The lowest BCUT2D eigenvalue weighted by Gasteiger charge is -2.37. The van der Waals surface area contributed by atoms with Crippen LogP contribution in [0.5, 0.6) is 34.5 Å². The Balaban J connectivity index is 1.16. The molecule has 0 atom stereocenters. The van der Waals surface area contributed by atoms with Crippen molar-refractivity contribution in [3.8, 4) is 67.9 Å². The monoisotopic (exact) mass is 524 g/mol. The van der Waals surface area contributed by atoms with Crippen LogP contribution in [0.25, 0.3) is 33.4 Å². The van der Waals surface area contributed by atoms with E-state index in [1.54, 1.807) is 0 Å². The van der Waals surface area contributed by atoms with Crippen LogP contribution in [0.1, 0.15) is 11.1 Å². The van der Waals surface area contributed by atoms with Crippen molar-refractivity contribution in [2.24, 2.45) is 0 Å². The Morgan fingerprint density at radius 1 is 0.390 bits per heavy atom. The minimum atomic E-state index is 0.0295. The second-order valence-corrected chi connectivity index (χ2v) is 11.2. The average molecular weight is 524 g/mol. The van der Waals surface area contributed by atoms with Crippen molar-refractivity contribution in [3.63, 3.8) is 0 Å². The van der Waals surface area contributed by atoms with Crippen LogP contribution in [0.15, 0.2) is 115 Å². The van der Waals surface area contributed by atoms with Gasteiger partial charge in [0.2, 0.25) is 0 Å². The van der Waals surface area contributed by atoms with Gasteiger partial charge in [-0.2, -0.15) is 0 Å². The molecule has 0 saturated carbocycles. The van der Waals surface area contributed by atoms with E-state index in [1.807, 2.05) is 36.4 Å². The Morgan fingerprint density at radius 3 is 1.39 bits per heavy atom. The molecule has 0 fully saturated rings. The van der Waals surface area contributed by atoms with Crippen LogP contribution in [0, 0.1) is 0 Å². The number of benzene rings is 6. The van der Waals surface area contributed by atoms with Crippen molar-refractivity contribution < 1.29 is 14.2 Å². The van der Waals surface area contributed by atoms with Crippen LogP contribution in [-0.4, -0.2) is 6.71 Å². The molecule has 3 heterocycles. The van der Waals surface area contributed by atoms with Crippen molar-refractivity contribution >= 4 is 23.1 Å². The van der Waals surface area contributed by atoms with Gasteiger partial charge in [-0.15, -0.1) is 0 Å². The van der Waals surface area contributed by atoms with Crippen molar-refractivity contribution in [2.45, 2.75) is 6.42 Å². The van der Waals surface area contributed by atoms with E-state index in [4.69, 9.17) is 14.2 Å². The molecule has 0 saturated heterocycles. The van der Waals surface area contributed by atoms with Gasteiger partial charge in [-0.1, -0.05) is 78.9 Å². The van der Waals surface area contributed by atoms with Crippen LogP contribution in [-0.2, 0) is 6.42 Å². The van der Waals surface area contributed by atoms with Gasteiger partial charge < -0.3 is 14.2 Å². The highest BCUT2D eigenvalue weighted by molar-refractivity contribution is 6.99. The lowest BCUT2D eigenvalue weighted by atomic mass is 9.34. The summed E-state index contributed by atoms with van der Waals surface area (Å²) in [5.74, 6) is 5.12. The summed E-state index contributed by atoms with van der Waals surface area (Å²) < 4.78 is 19.5. The third kappa shape index (κ3) is 2.84. The highest BCUT2D eigenvalue weighted by Crippen LogP contribution is 2.48. The van der Waals surface area contributed by atoms with Crippen molar-refractivity contribution in [1.82, 2.24) is 0 Å². The van der Waals surface area contributed by atoms with Gasteiger partial charge in [0.1, 0.15) is 34.5 Å². The average Bonchev–Trinajstić information content (AvgIpc) is 3.40. The molecular formula is C37H21BO3. The van der Waals surface area contributed by atoms with E-state index in [0.29, 0.717) is 0 Å². The summed E-state index contributed by atoms with van der Waals surface area (Å²) in [6.07, 6.45) is 0.887. The summed E-state index contributed by atoms with van der Waals surface area (Å²) in [5.41, 5.74) is 13.5. The second kappa shape index (κ2) is 7.70. The SMILES string of the molecule is c1ccc(-c2cccc3c2Cc2c(-c4cc5c6c(c4)Oc4cccc7c4B6c4c(cccc4O5)O7)cccc2-3)cc1. The van der Waals surface area contributed by atoms with Crippen molar-refractivity contribution in [3.05, 3.63) is 126 Å². The van der Waals surface area contributed by atoms with Crippen molar-refractivity contribution in [1.29, 1.82) is 0 Å². The lowest BCUT2D eigenvalue weighted by Crippen LogP contribution is -2.59. The topological polar surface area (TPSA) is 27.7 Å². The molecule has 4 aliphatic rings. The highest BCUT2D eigenvalue weighted by Gasteiger charge is 2.46. The van der Waals surface area contributed by atoms with Crippen LogP contribution in [0.4, 0.5) is 0 Å². The Hall–Kier alpha value is -5.22. The Bertz CT molecular complexity index is 2040. The summed E-state index contributed by atoms with van der Waals surface area (Å²) in [4.78, 5) is 0. The molecule has 1 aliphatic carbocycles. The fourth-order valence-corrected chi connectivity index (χ4v) is 7.37. The first-order valence-corrected chi connectivity index (χ1v) is 14.1. The zero-order chi connectivity index (χ0) is 26.7. The molecule has 10 rings (SSSR count). The van der Waals surface area contributed by atoms with E-state index in [-0.39, 0.29) is 6.71 Å². The predicted octanol–water partition coefficient (Wildman–Crippen LogP) is 7.43. The lowest BCUT2D eigenvalue weighted by molar-refractivity contribution is 0.443. The quantitative estimate of drug-likeness (QED) is 0.220. The standard InChI is InChI=1S/C37H21BO3/c1-2-8-21(9-3-1)23-10-4-12-25-26-13-5-11-24(28(26)20-27(23)25)22-18-33-37-34(19-22)41-32-17-7-15-30-36(32)38(37)35-29(39-30)14-6-16-31(35)40-33/h1-19H,20H2. The van der Waals surface area contributed by atoms with Gasteiger partial charge in [0.25, 0.3) is 6.71 Å². The molecule has 41 heavy (non-hydrogen) atoms. The van der Waals surface area contributed by atoms with Crippen LogP contribution >= 0.6 is 0 Å². The first kappa shape index (κ1) is 21.6. The third-order valence-corrected chi connectivity index (χ3v) is 9.07. The molecule has 190 valence electrons. The summed E-state index contributed by atoms with van der Waals surface area (Å²) in [6, 6.07) is 40.6. The Kier molecular flexibility index (Phi) is 4.06. The fourth-order valence-electron chi connectivity index (χ4n) is 7.37. The van der Waals surface area contributed by atoms with Gasteiger partial charge in [0.15, 0.2) is 0 Å². The normalized spacial score (nSPS) is 13.8. The molecule has 3 aliphatic heterocycles. The molecule has 0 radical (unpaired) electrons. The summed E-state index contributed by atoms with van der Waals surface area (Å²) >= 11 is 0. The molecule has 0 N–H and O–H groups in total. The highest BCUT2D eigenvalue weighted by atomic mass is 16.5. The zero-order valence-electron chi connectivity index (χ0n) is 22.0. The molecule has 6 aromatic carbocycles. The summed E-state index contributed by atoms with van der Waals surface area (Å²) in [7, 11) is 0. The van der Waals surface area contributed by atoms with Gasteiger partial charge in [-0.25, -0.2) is 0 Å². The Labute approximate surface area is 237 Å². The largest absolute Gasteiger partial charge is 0.458 e. The molecule has 0 amide bonds. The summed E-state index contributed by atoms with van der Waals surface area (Å²) in [5, 5.41) is 0. The number of hydrogen-bond acceptors (Lipinski definition) is 3. The number of rotatable bonds is 2. The van der Waals surface area contributed by atoms with E-state index in [9.17, 15) is 0 Å². The smallest absolute Gasteiger partial charge is 0.270 e. The van der Waals surface area contributed by atoms with Gasteiger partial charge in [-0.05, 0) is 87.3 Å². The molecule has 6 aromatic rings. The van der Waals surface area contributed by atoms with Crippen molar-refractivity contribution in [2.75, 3.05) is 0 Å². The van der Waals surface area contributed by atoms with E-state index < -0.39 is 0 Å². The van der Waals surface area contributed by atoms with E-state index in [0.717, 1.165) is 62.9 Å². The van der Waals surface area contributed by atoms with Gasteiger partial charge in [-0.3, -0.25) is 0 Å². The molecule has 0 unspecified atom stereocenters. The molecule has 0 aromatic heterocycles. The van der Waals surface area contributed by atoms with Crippen LogP contribution in [0.2, 0.25) is 0 Å². The minimum absolute atomic E-state index is 0.0295. The zero-order valence-corrected chi connectivity index (χ0v) is 22.0. The maximum atomic E-state index is 6.61. The molecule has 0 spiro atoms. The molecular weight excluding hydrogens is 503 g/mol. The van der Waals surface area contributed by atoms with E-state index >= 15 is 0 Å². The van der Waals surface area contributed by atoms with Gasteiger partial charge in [0.05, 0.1) is 0 Å². The predicted molar refractivity (Wildman–Crippen MR) is 163 cm³/mol. The van der Waals surface area contributed by atoms with Gasteiger partial charge in [0, 0.05) is 16.4 Å². The van der Waals surface area contributed by atoms with Crippen LogP contribution in [0.3, 0.4) is 0 Å². The van der Waals surface area contributed by atoms with Crippen LogP contribution < -0.4 is 30.6 Å². The number of hydrogen-bond donors (Lipinski definition) is 0. The molecule has 4 heteroatoms. The summed E-state index contributed by atoms with van der Waals surface area (Å²) in [6.45, 7) is 0.0295. The second-order valence-electron chi connectivity index (χ2n) is 11.2. The molecule has 0 bridgehead atoms. The molecule has 3 nitrogen and oxygen atoms in total. The maximum absolute atomic E-state index is 6.61. The Morgan fingerprint density at radius 2 is 0.829 bits per heavy atom. The fraction of sp³-hybridized carbons (Fsp3) is 0.0270. The number of ether oxygens (including phenoxy) is 3.